The lowest BCUT2D eigenvalue weighted by Crippen LogP contribution is -2.30. The number of carbonyl (C=O) groups excluding carboxylic acids is 2. The molecule has 2 atom stereocenters. The molecule has 1 N–H and O–H groups in total. The number of carbonyl (C=O) groups is 3. The maximum absolute atomic E-state index is 12.4. The molecule has 1 saturated carbocycles. The number of anilines is 1. The van der Waals surface area contributed by atoms with Crippen molar-refractivity contribution < 1.29 is 19.5 Å². The van der Waals surface area contributed by atoms with Crippen LogP contribution in [-0.4, -0.2) is 38.8 Å². The Labute approximate surface area is 128 Å². The summed E-state index contributed by atoms with van der Waals surface area (Å²) in [5.74, 6) is -1.88. The van der Waals surface area contributed by atoms with E-state index < -0.39 is 5.97 Å². The van der Waals surface area contributed by atoms with E-state index in [1.807, 2.05) is 0 Å². The van der Waals surface area contributed by atoms with E-state index in [4.69, 9.17) is 5.11 Å². The normalized spacial score (nSPS) is 25.2. The smallest absolute Gasteiger partial charge is 0.313 e. The fourth-order valence-corrected chi connectivity index (χ4v) is 4.40. The van der Waals surface area contributed by atoms with Gasteiger partial charge in [0.2, 0.25) is 16.9 Å². The molecular formula is C12H13N3O4S2. The molecule has 2 fully saturated rings. The van der Waals surface area contributed by atoms with E-state index in [0.717, 1.165) is 53.7 Å². The van der Waals surface area contributed by atoms with Crippen LogP contribution >= 0.6 is 23.1 Å². The molecule has 2 amide bonds. The van der Waals surface area contributed by atoms with Crippen LogP contribution < -0.4 is 4.90 Å². The van der Waals surface area contributed by atoms with Crippen molar-refractivity contribution in [3.8, 4) is 0 Å². The zero-order chi connectivity index (χ0) is 15.0. The fourth-order valence-electron chi connectivity index (χ4n) is 2.83. The monoisotopic (exact) mass is 327 g/mol. The predicted octanol–water partition coefficient (Wildman–Crippen LogP) is 1.39. The molecule has 1 aliphatic carbocycles. The van der Waals surface area contributed by atoms with Gasteiger partial charge in [-0.2, -0.15) is 0 Å². The first-order chi connectivity index (χ1) is 10.1. The molecule has 1 saturated heterocycles. The van der Waals surface area contributed by atoms with E-state index in [0.29, 0.717) is 4.34 Å². The van der Waals surface area contributed by atoms with Gasteiger partial charge in [-0.25, -0.2) is 4.90 Å². The number of nitrogens with zero attached hydrogens (tertiary/aromatic N) is 3. The van der Waals surface area contributed by atoms with Gasteiger partial charge in [0.05, 0.1) is 17.6 Å². The number of aliphatic carboxylic acids is 1. The van der Waals surface area contributed by atoms with Gasteiger partial charge in [-0.15, -0.1) is 10.2 Å². The second kappa shape index (κ2) is 5.72. The maximum Gasteiger partial charge on any atom is 0.313 e. The summed E-state index contributed by atoms with van der Waals surface area (Å²) in [7, 11) is 0. The third kappa shape index (κ3) is 2.67. The number of thioether (sulfide) groups is 1. The minimum Gasteiger partial charge on any atom is -0.481 e. The van der Waals surface area contributed by atoms with Crippen LogP contribution in [0.25, 0.3) is 0 Å². The number of hydrogen-bond acceptors (Lipinski definition) is 7. The number of amides is 2. The summed E-state index contributed by atoms with van der Waals surface area (Å²) in [5, 5.41) is 16.6. The summed E-state index contributed by atoms with van der Waals surface area (Å²) in [6.45, 7) is 0. The first kappa shape index (κ1) is 14.5. The Morgan fingerprint density at radius 1 is 1.24 bits per heavy atom. The minimum absolute atomic E-state index is 0.123. The van der Waals surface area contributed by atoms with E-state index in [2.05, 4.69) is 10.2 Å². The highest BCUT2D eigenvalue weighted by Crippen LogP contribution is 2.41. The van der Waals surface area contributed by atoms with Gasteiger partial charge in [0.25, 0.3) is 0 Å². The van der Waals surface area contributed by atoms with Crippen molar-refractivity contribution in [2.45, 2.75) is 30.0 Å². The molecule has 2 unspecified atom stereocenters. The molecule has 112 valence electrons. The average Bonchev–Trinajstić information content (AvgIpc) is 3.02. The average molecular weight is 327 g/mol. The molecule has 1 aromatic heterocycles. The topological polar surface area (TPSA) is 100 Å². The van der Waals surface area contributed by atoms with E-state index in [1.54, 1.807) is 0 Å². The van der Waals surface area contributed by atoms with Crippen LogP contribution in [0.4, 0.5) is 5.13 Å². The zero-order valence-electron chi connectivity index (χ0n) is 11.0. The number of carboxylic acids is 1. The van der Waals surface area contributed by atoms with E-state index in [-0.39, 0.29) is 34.5 Å². The summed E-state index contributed by atoms with van der Waals surface area (Å²) in [4.78, 5) is 36.4. The summed E-state index contributed by atoms with van der Waals surface area (Å²) >= 11 is 2.12. The number of carboxylic acid groups (broad SMARTS) is 1. The molecule has 0 aromatic carbocycles. The van der Waals surface area contributed by atoms with Crippen molar-refractivity contribution in [1.29, 1.82) is 0 Å². The first-order valence-electron chi connectivity index (χ1n) is 6.64. The summed E-state index contributed by atoms with van der Waals surface area (Å²) in [6.07, 6.45) is 3.46. The highest BCUT2D eigenvalue weighted by Gasteiger charge is 2.49. The zero-order valence-corrected chi connectivity index (χ0v) is 12.7. The second-order valence-corrected chi connectivity index (χ2v) is 7.22. The summed E-state index contributed by atoms with van der Waals surface area (Å²) in [5.41, 5.74) is 0. The van der Waals surface area contributed by atoms with Crippen molar-refractivity contribution in [3.05, 3.63) is 0 Å². The van der Waals surface area contributed by atoms with Gasteiger partial charge in [0.1, 0.15) is 0 Å². The third-order valence-corrected chi connectivity index (χ3v) is 5.77. The van der Waals surface area contributed by atoms with Gasteiger partial charge in [-0.05, 0) is 12.8 Å². The lowest BCUT2D eigenvalue weighted by molar-refractivity contribution is -0.134. The summed E-state index contributed by atoms with van der Waals surface area (Å²) in [6, 6.07) is 0. The first-order valence-corrected chi connectivity index (χ1v) is 8.44. The van der Waals surface area contributed by atoms with Crippen molar-refractivity contribution in [2.75, 3.05) is 10.7 Å². The molecule has 0 bridgehead atoms. The highest BCUT2D eigenvalue weighted by atomic mass is 32.2. The quantitative estimate of drug-likeness (QED) is 0.506. The molecule has 3 rings (SSSR count). The van der Waals surface area contributed by atoms with Crippen LogP contribution in [0.5, 0.6) is 0 Å². The summed E-state index contributed by atoms with van der Waals surface area (Å²) < 4.78 is 0.447. The molecular weight excluding hydrogens is 314 g/mol. The Hall–Kier alpha value is -1.48. The molecule has 2 aliphatic rings. The standard InChI is InChI=1S/C12H13N3O4S2/c16-8(17)5-20-12-14-13-11(21-12)15-9(18)6-3-1-2-4-7(6)10(15)19/h6-7H,1-5H2,(H,16,17). The van der Waals surface area contributed by atoms with Crippen molar-refractivity contribution >= 4 is 46.0 Å². The van der Waals surface area contributed by atoms with E-state index >= 15 is 0 Å². The van der Waals surface area contributed by atoms with Gasteiger partial charge in [-0.1, -0.05) is 35.9 Å². The van der Waals surface area contributed by atoms with Gasteiger partial charge in [-0.3, -0.25) is 14.4 Å². The van der Waals surface area contributed by atoms with Crippen LogP contribution in [-0.2, 0) is 14.4 Å². The van der Waals surface area contributed by atoms with Crippen LogP contribution in [0.1, 0.15) is 25.7 Å². The Morgan fingerprint density at radius 2 is 1.86 bits per heavy atom. The van der Waals surface area contributed by atoms with E-state index in [9.17, 15) is 14.4 Å². The molecule has 2 heterocycles. The third-order valence-electron chi connectivity index (χ3n) is 3.75. The van der Waals surface area contributed by atoms with Crippen LogP contribution in [0.2, 0.25) is 0 Å². The van der Waals surface area contributed by atoms with E-state index in [1.165, 1.54) is 0 Å². The molecule has 9 heteroatoms. The molecule has 1 aromatic rings. The molecule has 21 heavy (non-hydrogen) atoms. The Morgan fingerprint density at radius 3 is 2.43 bits per heavy atom. The minimum atomic E-state index is -0.948. The van der Waals surface area contributed by atoms with Gasteiger partial charge in [0, 0.05) is 0 Å². The number of aromatic nitrogens is 2. The van der Waals surface area contributed by atoms with Gasteiger partial charge < -0.3 is 5.11 Å². The Kier molecular flexibility index (Phi) is 3.94. The van der Waals surface area contributed by atoms with Crippen molar-refractivity contribution in [1.82, 2.24) is 10.2 Å². The lowest BCUT2D eigenvalue weighted by atomic mass is 9.81. The SMILES string of the molecule is O=C(O)CSc1nnc(N2C(=O)C3CCCCC3C2=O)s1. The number of hydrogen-bond donors (Lipinski definition) is 1. The number of fused-ring (bicyclic) bond motifs is 1. The van der Waals surface area contributed by atoms with Gasteiger partial charge >= 0.3 is 5.97 Å². The lowest BCUT2D eigenvalue weighted by Gasteiger charge is -2.19. The molecule has 7 nitrogen and oxygen atoms in total. The fraction of sp³-hybridized carbons (Fsp3) is 0.583. The van der Waals surface area contributed by atoms with Gasteiger partial charge in [0.15, 0.2) is 4.34 Å². The van der Waals surface area contributed by atoms with Crippen molar-refractivity contribution in [2.24, 2.45) is 11.8 Å². The van der Waals surface area contributed by atoms with Crippen LogP contribution in [0.15, 0.2) is 4.34 Å². The molecule has 1 aliphatic heterocycles. The van der Waals surface area contributed by atoms with Crippen molar-refractivity contribution in [3.63, 3.8) is 0 Å². The molecule has 0 spiro atoms. The highest BCUT2D eigenvalue weighted by molar-refractivity contribution is 8.01. The van der Waals surface area contributed by atoms with Crippen LogP contribution in [0, 0.1) is 11.8 Å². The Balaban J connectivity index is 1.78. The second-order valence-electron chi connectivity index (χ2n) is 5.04. The van der Waals surface area contributed by atoms with Crippen LogP contribution in [0.3, 0.4) is 0 Å². The predicted molar refractivity (Wildman–Crippen MR) is 76.2 cm³/mol. The number of rotatable bonds is 4. The molecule has 0 radical (unpaired) electrons. The maximum atomic E-state index is 12.4. The Bertz CT molecular complexity index is 579. The largest absolute Gasteiger partial charge is 0.481 e. The number of imide groups is 1.